The van der Waals surface area contributed by atoms with Gasteiger partial charge in [0.05, 0.1) is 18.1 Å². The first-order valence-electron chi connectivity index (χ1n) is 13.8. The molecule has 0 aliphatic rings. The summed E-state index contributed by atoms with van der Waals surface area (Å²) in [5.41, 5.74) is 3.44. The van der Waals surface area contributed by atoms with Crippen molar-refractivity contribution < 1.29 is 38.0 Å². The van der Waals surface area contributed by atoms with Crippen LogP contribution in [0, 0.1) is 10.2 Å². The summed E-state index contributed by atoms with van der Waals surface area (Å²) in [6, 6.07) is 23.4. The Balaban J connectivity index is 0.000000771. The molecule has 0 saturated heterocycles. The van der Waals surface area contributed by atoms with Crippen molar-refractivity contribution in [1.82, 2.24) is 0 Å². The molecule has 7 heteroatoms. The summed E-state index contributed by atoms with van der Waals surface area (Å²) in [4.78, 5) is 0. The highest BCUT2D eigenvalue weighted by molar-refractivity contribution is 6.07. The van der Waals surface area contributed by atoms with Gasteiger partial charge in [-0.1, -0.05) is 89.0 Å². The van der Waals surface area contributed by atoms with Crippen LogP contribution in [0.15, 0.2) is 71.1 Å². The second-order valence-corrected chi connectivity index (χ2v) is 10.6. The third kappa shape index (κ3) is 10.4. The monoisotopic (exact) mass is 554 g/mol. The van der Waals surface area contributed by atoms with Crippen LogP contribution in [0.3, 0.4) is 0 Å². The largest absolute Gasteiger partial charge is 0.497 e. The molecule has 0 saturated carbocycles. The Kier molecular flexibility index (Phi) is 12.4. The maximum atomic E-state index is 8.49. The van der Waals surface area contributed by atoms with E-state index in [0.29, 0.717) is 0 Å². The first-order valence-corrected chi connectivity index (χ1v) is 15.1. The fraction of sp³-hybridized carbons (Fsp3) is 0.406. The standard InChI is InChI=1S/C32H39O2.ClHO4/c1-3-4-5-6-7-8-9-10-11-12-16-27-24-31(26-18-21-28(33-2)22-19-26)34-30-23-20-25-15-13-14-17-29(25)32(27)30;2-1(3,4)5/h13-15,17-24H,3-12,16H2,1-2H3;(H,2,3,4,5)/q+1;/p-1. The number of aryl methyl sites for hydroxylation is 1. The summed E-state index contributed by atoms with van der Waals surface area (Å²) < 4.78 is 45.7. The molecular weight excluding hydrogens is 516 g/mol. The van der Waals surface area contributed by atoms with Crippen LogP contribution in [0.4, 0.5) is 0 Å². The molecule has 0 amide bonds. The van der Waals surface area contributed by atoms with Crippen molar-refractivity contribution in [3.05, 3.63) is 72.3 Å². The zero-order valence-corrected chi connectivity index (χ0v) is 23.7. The molecule has 1 aromatic heterocycles. The molecule has 0 fully saturated rings. The van der Waals surface area contributed by atoms with Gasteiger partial charge in [0.2, 0.25) is 0 Å². The molecule has 4 aromatic rings. The Hall–Kier alpha value is -2.74. The number of fused-ring (bicyclic) bond motifs is 3. The van der Waals surface area contributed by atoms with E-state index < -0.39 is 10.2 Å². The van der Waals surface area contributed by atoms with Crippen LogP contribution in [0.1, 0.15) is 76.7 Å². The number of methoxy groups -OCH3 is 1. The molecule has 0 radical (unpaired) electrons. The smallest absolute Gasteiger partial charge is 0.361 e. The average Bonchev–Trinajstić information content (AvgIpc) is 2.92. The molecular formula is C32H39ClO6. The summed E-state index contributed by atoms with van der Waals surface area (Å²) in [7, 11) is -3.24. The highest BCUT2D eigenvalue weighted by atomic mass is 35.7. The minimum atomic E-state index is -4.94. The molecule has 0 bridgehead atoms. The van der Waals surface area contributed by atoms with Gasteiger partial charge in [0, 0.05) is 12.1 Å². The maximum Gasteiger partial charge on any atom is 0.361 e. The lowest BCUT2D eigenvalue weighted by molar-refractivity contribution is -2.00. The van der Waals surface area contributed by atoms with E-state index in [2.05, 4.69) is 61.5 Å². The Morgan fingerprint density at radius 1 is 0.718 bits per heavy atom. The van der Waals surface area contributed by atoms with Crippen LogP contribution in [0.2, 0.25) is 0 Å². The van der Waals surface area contributed by atoms with Crippen LogP contribution in [-0.4, -0.2) is 7.11 Å². The van der Waals surface area contributed by atoms with Gasteiger partial charge in [-0.2, -0.15) is 0 Å². The summed E-state index contributed by atoms with van der Waals surface area (Å²) in [5, 5.41) is 3.82. The van der Waals surface area contributed by atoms with Crippen molar-refractivity contribution in [3.8, 4) is 17.1 Å². The minimum Gasteiger partial charge on any atom is -0.497 e. The first kappa shape index (κ1) is 30.8. The third-order valence-corrected chi connectivity index (χ3v) is 6.91. The number of halogens is 1. The summed E-state index contributed by atoms with van der Waals surface area (Å²) in [6.07, 6.45) is 14.7. The van der Waals surface area contributed by atoms with Crippen molar-refractivity contribution >= 4 is 21.7 Å². The lowest BCUT2D eigenvalue weighted by atomic mass is 9.96. The summed E-state index contributed by atoms with van der Waals surface area (Å²) in [5.74, 6) is 1.79. The highest BCUT2D eigenvalue weighted by Crippen LogP contribution is 2.34. The quantitative estimate of drug-likeness (QED) is 0.127. The van der Waals surface area contributed by atoms with E-state index in [9.17, 15) is 0 Å². The molecule has 6 nitrogen and oxygen atoms in total. The normalized spacial score (nSPS) is 11.4. The molecule has 4 rings (SSSR count). The Morgan fingerprint density at radius 3 is 1.92 bits per heavy atom. The molecule has 1 heterocycles. The highest BCUT2D eigenvalue weighted by Gasteiger charge is 2.21. The maximum absolute atomic E-state index is 8.49. The van der Waals surface area contributed by atoms with E-state index in [1.54, 1.807) is 7.11 Å². The predicted octanol–water partition coefficient (Wildman–Crippen LogP) is 5.25. The molecule has 210 valence electrons. The SMILES string of the molecule is CCCCCCCCCCCCc1cc(-c2ccc(OC)cc2)[o+]c2ccc3ccccc3c12.[O-][Cl+3]([O-])([O-])[O-]. The number of ether oxygens (including phenoxy) is 1. The van der Waals surface area contributed by atoms with Crippen molar-refractivity contribution in [2.24, 2.45) is 0 Å². The fourth-order valence-electron chi connectivity index (χ4n) is 4.94. The molecule has 3 aromatic carbocycles. The number of unbranched alkanes of at least 4 members (excludes halogenated alkanes) is 9. The first-order chi connectivity index (χ1) is 18.8. The molecule has 0 atom stereocenters. The van der Waals surface area contributed by atoms with E-state index in [1.807, 2.05) is 12.1 Å². The van der Waals surface area contributed by atoms with Crippen molar-refractivity contribution in [2.45, 2.75) is 77.6 Å². The van der Waals surface area contributed by atoms with Crippen molar-refractivity contribution in [2.75, 3.05) is 7.11 Å². The number of rotatable bonds is 13. The fourth-order valence-corrected chi connectivity index (χ4v) is 4.94. The van der Waals surface area contributed by atoms with Gasteiger partial charge in [-0.15, -0.1) is 10.2 Å². The third-order valence-electron chi connectivity index (χ3n) is 6.91. The number of hydrogen-bond acceptors (Lipinski definition) is 5. The minimum absolute atomic E-state index is 0.862. The van der Waals surface area contributed by atoms with Gasteiger partial charge in [-0.25, -0.2) is 23.1 Å². The van der Waals surface area contributed by atoms with Crippen LogP contribution in [-0.2, 0) is 6.42 Å². The average molecular weight is 555 g/mol. The predicted molar refractivity (Wildman–Crippen MR) is 146 cm³/mol. The zero-order chi connectivity index (χ0) is 28.1. The van der Waals surface area contributed by atoms with Gasteiger partial charge in [0.1, 0.15) is 5.75 Å². The Labute approximate surface area is 233 Å². The van der Waals surface area contributed by atoms with Gasteiger partial charge < -0.3 is 4.74 Å². The van der Waals surface area contributed by atoms with E-state index >= 15 is 0 Å². The topological polar surface area (TPSA) is 113 Å². The molecule has 0 spiro atoms. The second kappa shape index (κ2) is 15.8. The van der Waals surface area contributed by atoms with Gasteiger partial charge in [0.25, 0.3) is 0 Å². The van der Waals surface area contributed by atoms with Gasteiger partial charge >= 0.3 is 11.3 Å². The Morgan fingerprint density at radius 2 is 1.31 bits per heavy atom. The van der Waals surface area contributed by atoms with Crippen molar-refractivity contribution in [1.29, 1.82) is 0 Å². The second-order valence-electron chi connectivity index (χ2n) is 9.83. The lowest BCUT2D eigenvalue weighted by Gasteiger charge is -2.17. The molecule has 0 N–H and O–H groups in total. The van der Waals surface area contributed by atoms with Crippen LogP contribution < -0.4 is 23.4 Å². The summed E-state index contributed by atoms with van der Waals surface area (Å²) >= 11 is 0. The summed E-state index contributed by atoms with van der Waals surface area (Å²) in [6.45, 7) is 2.28. The number of benzene rings is 3. The van der Waals surface area contributed by atoms with Crippen LogP contribution in [0.5, 0.6) is 5.75 Å². The van der Waals surface area contributed by atoms with Gasteiger partial charge in [-0.05, 0) is 59.5 Å². The molecule has 0 aliphatic carbocycles. The lowest BCUT2D eigenvalue weighted by Crippen LogP contribution is -2.68. The van der Waals surface area contributed by atoms with E-state index in [0.717, 1.165) is 29.1 Å². The van der Waals surface area contributed by atoms with Crippen LogP contribution in [0.25, 0.3) is 33.1 Å². The Bertz CT molecular complexity index is 1280. The zero-order valence-electron chi connectivity index (χ0n) is 23.0. The molecule has 39 heavy (non-hydrogen) atoms. The van der Waals surface area contributed by atoms with E-state index in [1.165, 1.54) is 85.9 Å². The molecule has 0 unspecified atom stereocenters. The van der Waals surface area contributed by atoms with Crippen LogP contribution >= 0.6 is 0 Å². The molecule has 0 aliphatic heterocycles. The van der Waals surface area contributed by atoms with Gasteiger partial charge in [0.15, 0.2) is 0 Å². The van der Waals surface area contributed by atoms with E-state index in [-0.39, 0.29) is 0 Å². The number of hydrogen-bond donors (Lipinski definition) is 0. The van der Waals surface area contributed by atoms with E-state index in [4.69, 9.17) is 27.8 Å². The van der Waals surface area contributed by atoms with Gasteiger partial charge in [-0.3, -0.25) is 0 Å². The van der Waals surface area contributed by atoms with Crippen molar-refractivity contribution in [3.63, 3.8) is 0 Å².